The maximum atomic E-state index is 12.4. The molecule has 2 amide bonds. The lowest BCUT2D eigenvalue weighted by atomic mass is 10.1. The summed E-state index contributed by atoms with van der Waals surface area (Å²) >= 11 is 0. The molecule has 3 rings (SSSR count). The molecule has 0 radical (unpaired) electrons. The van der Waals surface area contributed by atoms with E-state index in [1.807, 2.05) is 24.1 Å². The minimum Gasteiger partial charge on any atom is -0.323 e. The van der Waals surface area contributed by atoms with Gasteiger partial charge < -0.3 is 10.2 Å². The van der Waals surface area contributed by atoms with Gasteiger partial charge in [-0.05, 0) is 43.9 Å². The third-order valence-corrected chi connectivity index (χ3v) is 4.34. The average molecular weight is 273 g/mol. The van der Waals surface area contributed by atoms with Crippen molar-refractivity contribution in [3.8, 4) is 0 Å². The molecule has 1 aromatic carbocycles. The van der Waals surface area contributed by atoms with Crippen LogP contribution in [0.15, 0.2) is 24.3 Å². The molecule has 2 aliphatic rings. The first-order chi connectivity index (χ1) is 9.75. The van der Waals surface area contributed by atoms with Crippen LogP contribution in [0.2, 0.25) is 0 Å². The van der Waals surface area contributed by atoms with Crippen molar-refractivity contribution in [3.05, 3.63) is 29.8 Å². The fraction of sp³-hybridized carbons (Fsp3) is 0.562. The van der Waals surface area contributed by atoms with E-state index < -0.39 is 0 Å². The lowest BCUT2D eigenvalue weighted by Crippen LogP contribution is -2.45. The molecule has 1 saturated heterocycles. The van der Waals surface area contributed by atoms with Crippen molar-refractivity contribution < 1.29 is 4.79 Å². The standard InChI is InChI=1S/C16H23N3O/c1-18-12-13-6-2-3-9-15(13)19(16(18)20)11-5-8-14-7-4-10-17-14/h2-3,6,9,14,17H,4-5,7-8,10-12H2,1H3. The summed E-state index contributed by atoms with van der Waals surface area (Å²) in [5.74, 6) is 0. The highest BCUT2D eigenvalue weighted by Gasteiger charge is 2.27. The van der Waals surface area contributed by atoms with E-state index in [-0.39, 0.29) is 6.03 Å². The number of hydrogen-bond donors (Lipinski definition) is 1. The summed E-state index contributed by atoms with van der Waals surface area (Å²) in [6.45, 7) is 2.69. The number of rotatable bonds is 4. The molecule has 0 aliphatic carbocycles. The number of para-hydroxylation sites is 1. The van der Waals surface area contributed by atoms with E-state index in [1.165, 1.54) is 18.4 Å². The molecule has 2 heterocycles. The van der Waals surface area contributed by atoms with Gasteiger partial charge in [-0.15, -0.1) is 0 Å². The highest BCUT2D eigenvalue weighted by molar-refractivity contribution is 5.94. The lowest BCUT2D eigenvalue weighted by Gasteiger charge is -2.35. The van der Waals surface area contributed by atoms with Crippen LogP contribution in [0, 0.1) is 0 Å². The molecule has 1 atom stereocenters. The summed E-state index contributed by atoms with van der Waals surface area (Å²) in [5.41, 5.74) is 2.34. The number of nitrogens with one attached hydrogen (secondary N) is 1. The summed E-state index contributed by atoms with van der Waals surface area (Å²) in [4.78, 5) is 16.1. The number of anilines is 1. The summed E-state index contributed by atoms with van der Waals surface area (Å²) in [6.07, 6.45) is 4.80. The topological polar surface area (TPSA) is 35.6 Å². The zero-order valence-corrected chi connectivity index (χ0v) is 12.1. The van der Waals surface area contributed by atoms with E-state index in [0.717, 1.165) is 38.2 Å². The molecule has 0 bridgehead atoms. The van der Waals surface area contributed by atoms with Gasteiger partial charge in [-0.2, -0.15) is 0 Å². The fourth-order valence-corrected chi connectivity index (χ4v) is 3.26. The quantitative estimate of drug-likeness (QED) is 0.915. The monoisotopic (exact) mass is 273 g/mol. The Kier molecular flexibility index (Phi) is 3.92. The largest absolute Gasteiger partial charge is 0.324 e. The first-order valence-corrected chi connectivity index (χ1v) is 7.59. The highest BCUT2D eigenvalue weighted by atomic mass is 16.2. The molecule has 1 N–H and O–H groups in total. The van der Waals surface area contributed by atoms with Gasteiger partial charge in [0.2, 0.25) is 0 Å². The molecule has 108 valence electrons. The second-order valence-electron chi connectivity index (χ2n) is 5.85. The van der Waals surface area contributed by atoms with Crippen LogP contribution in [0.5, 0.6) is 0 Å². The molecule has 0 spiro atoms. The third kappa shape index (κ3) is 2.66. The maximum Gasteiger partial charge on any atom is 0.324 e. The molecule has 0 aromatic heterocycles. The van der Waals surface area contributed by atoms with Crippen LogP contribution in [0.25, 0.3) is 0 Å². The van der Waals surface area contributed by atoms with Gasteiger partial charge in [-0.25, -0.2) is 4.79 Å². The van der Waals surface area contributed by atoms with E-state index in [1.54, 1.807) is 4.90 Å². The van der Waals surface area contributed by atoms with Crippen molar-refractivity contribution >= 4 is 11.7 Å². The van der Waals surface area contributed by atoms with E-state index >= 15 is 0 Å². The van der Waals surface area contributed by atoms with Gasteiger partial charge in [-0.1, -0.05) is 18.2 Å². The van der Waals surface area contributed by atoms with Crippen molar-refractivity contribution in [2.75, 3.05) is 25.0 Å². The first-order valence-electron chi connectivity index (χ1n) is 7.59. The predicted molar refractivity (Wildman–Crippen MR) is 80.9 cm³/mol. The number of nitrogens with zero attached hydrogens (tertiary/aromatic N) is 2. The number of urea groups is 1. The molecule has 4 nitrogen and oxygen atoms in total. The summed E-state index contributed by atoms with van der Waals surface area (Å²) in [5, 5.41) is 3.52. The van der Waals surface area contributed by atoms with Crippen LogP contribution in [0.4, 0.5) is 10.5 Å². The van der Waals surface area contributed by atoms with Gasteiger partial charge in [0.05, 0.1) is 5.69 Å². The average Bonchev–Trinajstić information content (AvgIpc) is 2.96. The molecule has 20 heavy (non-hydrogen) atoms. The number of carbonyl (C=O) groups is 1. The Hall–Kier alpha value is -1.55. The summed E-state index contributed by atoms with van der Waals surface area (Å²) < 4.78 is 0. The molecule has 2 aliphatic heterocycles. The number of fused-ring (bicyclic) bond motifs is 1. The molecule has 4 heteroatoms. The molecule has 1 fully saturated rings. The van der Waals surface area contributed by atoms with Gasteiger partial charge in [0, 0.05) is 26.2 Å². The molecular formula is C16H23N3O. The zero-order chi connectivity index (χ0) is 13.9. The van der Waals surface area contributed by atoms with Crippen LogP contribution in [-0.2, 0) is 6.54 Å². The second kappa shape index (κ2) is 5.83. The fourth-order valence-electron chi connectivity index (χ4n) is 3.26. The van der Waals surface area contributed by atoms with Crippen LogP contribution in [0.3, 0.4) is 0 Å². The van der Waals surface area contributed by atoms with Crippen molar-refractivity contribution in [2.45, 2.75) is 38.3 Å². The number of benzene rings is 1. The SMILES string of the molecule is CN1Cc2ccccc2N(CCCC2CCCN2)C1=O. The van der Waals surface area contributed by atoms with E-state index in [9.17, 15) is 4.79 Å². The minimum atomic E-state index is 0.128. The zero-order valence-electron chi connectivity index (χ0n) is 12.1. The molecular weight excluding hydrogens is 250 g/mol. The Bertz CT molecular complexity index is 482. The van der Waals surface area contributed by atoms with Crippen molar-refractivity contribution in [2.24, 2.45) is 0 Å². The van der Waals surface area contributed by atoms with Gasteiger partial charge >= 0.3 is 6.03 Å². The van der Waals surface area contributed by atoms with E-state index in [4.69, 9.17) is 0 Å². The van der Waals surface area contributed by atoms with Crippen LogP contribution in [0.1, 0.15) is 31.2 Å². The normalized spacial score (nSPS) is 22.2. The Labute approximate surface area is 120 Å². The second-order valence-corrected chi connectivity index (χ2v) is 5.85. The van der Waals surface area contributed by atoms with Crippen molar-refractivity contribution in [3.63, 3.8) is 0 Å². The maximum absolute atomic E-state index is 12.4. The number of hydrogen-bond acceptors (Lipinski definition) is 2. The van der Waals surface area contributed by atoms with Crippen LogP contribution < -0.4 is 10.2 Å². The molecule has 0 saturated carbocycles. The van der Waals surface area contributed by atoms with Crippen molar-refractivity contribution in [1.29, 1.82) is 0 Å². The van der Waals surface area contributed by atoms with Crippen LogP contribution in [-0.4, -0.2) is 37.1 Å². The Morgan fingerprint density at radius 1 is 1.35 bits per heavy atom. The molecule has 1 aromatic rings. The third-order valence-electron chi connectivity index (χ3n) is 4.34. The summed E-state index contributed by atoms with van der Waals surface area (Å²) in [6, 6.07) is 9.02. The lowest BCUT2D eigenvalue weighted by molar-refractivity contribution is 0.210. The predicted octanol–water partition coefficient (Wildman–Crippen LogP) is 2.59. The van der Waals surface area contributed by atoms with Crippen LogP contribution >= 0.6 is 0 Å². The number of amides is 2. The van der Waals surface area contributed by atoms with Gasteiger partial charge in [0.25, 0.3) is 0 Å². The Morgan fingerprint density at radius 2 is 2.20 bits per heavy atom. The first kappa shape index (κ1) is 13.4. The number of carbonyl (C=O) groups excluding carboxylic acids is 1. The Morgan fingerprint density at radius 3 is 3.00 bits per heavy atom. The minimum absolute atomic E-state index is 0.128. The van der Waals surface area contributed by atoms with E-state index in [2.05, 4.69) is 17.4 Å². The summed E-state index contributed by atoms with van der Waals surface area (Å²) in [7, 11) is 1.88. The van der Waals surface area contributed by atoms with Gasteiger partial charge in [0.1, 0.15) is 0 Å². The van der Waals surface area contributed by atoms with Gasteiger partial charge in [0.15, 0.2) is 0 Å². The Balaban J connectivity index is 1.66. The smallest absolute Gasteiger partial charge is 0.323 e. The van der Waals surface area contributed by atoms with E-state index in [0.29, 0.717) is 6.04 Å². The van der Waals surface area contributed by atoms with Crippen molar-refractivity contribution in [1.82, 2.24) is 10.2 Å². The molecule has 1 unspecified atom stereocenters. The van der Waals surface area contributed by atoms with Gasteiger partial charge in [-0.3, -0.25) is 4.90 Å². The highest BCUT2D eigenvalue weighted by Crippen LogP contribution is 2.28.